The normalized spacial score (nSPS) is 6.00. The van der Waals surface area contributed by atoms with E-state index in [-0.39, 0.29) is 0 Å². The van der Waals surface area contributed by atoms with Crippen LogP contribution in [0.4, 0.5) is 0 Å². The molecule has 0 unspecified atom stereocenters. The van der Waals surface area contributed by atoms with Gasteiger partial charge in [0.1, 0.15) is 0 Å². The topological polar surface area (TPSA) is 0 Å². The Morgan fingerprint density at radius 2 is 0.750 bits per heavy atom. The zero-order valence-corrected chi connectivity index (χ0v) is 12.7. The summed E-state index contributed by atoms with van der Waals surface area (Å²) >= 11 is 0. The standard InChI is InChI=1S/C8H8.4C2H6/c1-7-5-3-4-6-8(7)2;4*1-2/h3-6H,1-2H2;4*1-2H3. The van der Waals surface area contributed by atoms with Crippen LogP contribution in [0.15, 0.2) is 24.3 Å². The van der Waals surface area contributed by atoms with Crippen LogP contribution >= 0.6 is 0 Å². The first-order valence-corrected chi connectivity index (χ1v) is 6.53. The van der Waals surface area contributed by atoms with Gasteiger partial charge in [-0.25, -0.2) is 0 Å². The van der Waals surface area contributed by atoms with E-state index in [4.69, 9.17) is 0 Å². The molecule has 0 nitrogen and oxygen atoms in total. The lowest BCUT2D eigenvalue weighted by atomic mass is 10.3. The maximum absolute atomic E-state index is 3.76. The first-order valence-electron chi connectivity index (χ1n) is 6.53. The number of hydrogen-bond donors (Lipinski definition) is 0. The molecule has 1 aromatic rings. The van der Waals surface area contributed by atoms with Gasteiger partial charge in [-0.3, -0.25) is 0 Å². The average Bonchev–Trinajstić information content (AvgIpc) is 2.42. The fourth-order valence-electron chi connectivity index (χ4n) is 0.557. The van der Waals surface area contributed by atoms with Gasteiger partial charge in [-0.1, -0.05) is 92.8 Å². The molecule has 16 heavy (non-hydrogen) atoms. The van der Waals surface area contributed by atoms with Crippen molar-refractivity contribution in [3.05, 3.63) is 34.7 Å². The fourth-order valence-corrected chi connectivity index (χ4v) is 0.557. The second kappa shape index (κ2) is 29.2. The second-order valence-electron chi connectivity index (χ2n) is 1.77. The maximum Gasteiger partial charge on any atom is -0.0262 e. The largest absolute Gasteiger partial charge is 0.0912 e. The van der Waals surface area contributed by atoms with Crippen LogP contribution in [0, 0.1) is 0 Å². The highest BCUT2D eigenvalue weighted by Crippen LogP contribution is 1.66. The summed E-state index contributed by atoms with van der Waals surface area (Å²) in [6, 6.07) is 7.80. The molecule has 0 radical (unpaired) electrons. The van der Waals surface area contributed by atoms with Crippen LogP contribution in [-0.2, 0) is 0 Å². The molecule has 96 valence electrons. The van der Waals surface area contributed by atoms with Gasteiger partial charge in [0, 0.05) is 0 Å². The van der Waals surface area contributed by atoms with Crippen molar-refractivity contribution < 1.29 is 0 Å². The molecule has 1 aromatic carbocycles. The molecule has 0 aliphatic rings. The summed E-state index contributed by atoms with van der Waals surface area (Å²) in [4.78, 5) is 0. The monoisotopic (exact) mass is 224 g/mol. The molecule has 0 aliphatic carbocycles. The minimum atomic E-state index is 1.01. The van der Waals surface area contributed by atoms with Crippen molar-refractivity contribution in [1.82, 2.24) is 0 Å². The number of benzene rings is 1. The van der Waals surface area contributed by atoms with E-state index in [1.165, 1.54) is 0 Å². The van der Waals surface area contributed by atoms with Gasteiger partial charge in [0.25, 0.3) is 0 Å². The van der Waals surface area contributed by atoms with Crippen molar-refractivity contribution in [3.63, 3.8) is 0 Å². The third-order valence-electron chi connectivity index (χ3n) is 1.12. The number of rotatable bonds is 0. The van der Waals surface area contributed by atoms with Crippen LogP contribution in [0.25, 0.3) is 13.2 Å². The predicted octanol–water partition coefficient (Wildman–Crippen LogP) is 4.61. The van der Waals surface area contributed by atoms with Crippen molar-refractivity contribution in [2.24, 2.45) is 0 Å². The molecule has 0 amide bonds. The predicted molar refractivity (Wildman–Crippen MR) is 82.1 cm³/mol. The van der Waals surface area contributed by atoms with Crippen molar-refractivity contribution in [2.45, 2.75) is 55.4 Å². The van der Waals surface area contributed by atoms with E-state index < -0.39 is 0 Å². The van der Waals surface area contributed by atoms with Crippen LogP contribution in [-0.4, -0.2) is 0 Å². The zero-order chi connectivity index (χ0) is 14.0. The second-order valence-corrected chi connectivity index (χ2v) is 1.77. The number of hydrogen-bond acceptors (Lipinski definition) is 0. The first-order chi connectivity index (χ1) is 7.80. The summed E-state index contributed by atoms with van der Waals surface area (Å²) in [5, 5.41) is 2.01. The Bertz CT molecular complexity index is 231. The molecule has 0 heteroatoms. The molecule has 0 fully saturated rings. The van der Waals surface area contributed by atoms with Gasteiger partial charge in [-0.05, 0) is 10.4 Å². The molecule has 0 atom stereocenters. The van der Waals surface area contributed by atoms with Gasteiger partial charge in [-0.15, -0.1) is 0 Å². The highest BCUT2D eigenvalue weighted by molar-refractivity contribution is 5.15. The molecule has 0 spiro atoms. The van der Waals surface area contributed by atoms with E-state index in [0.29, 0.717) is 0 Å². The van der Waals surface area contributed by atoms with Gasteiger partial charge < -0.3 is 0 Å². The lowest BCUT2D eigenvalue weighted by Crippen LogP contribution is -2.19. The highest BCUT2D eigenvalue weighted by Gasteiger charge is 1.71. The Kier molecular flexibility index (Phi) is 44.3. The lowest BCUT2D eigenvalue weighted by molar-refractivity contribution is 1.50. The summed E-state index contributed by atoms with van der Waals surface area (Å²) in [6.07, 6.45) is 0. The Morgan fingerprint density at radius 3 is 0.875 bits per heavy atom. The Balaban J connectivity index is -0.0000000771. The fraction of sp³-hybridized carbons (Fsp3) is 0.500. The third-order valence-corrected chi connectivity index (χ3v) is 1.12. The van der Waals surface area contributed by atoms with Crippen molar-refractivity contribution in [3.8, 4) is 0 Å². The zero-order valence-electron chi connectivity index (χ0n) is 12.7. The first kappa shape index (κ1) is 24.3. The summed E-state index contributed by atoms with van der Waals surface area (Å²) < 4.78 is 0. The molecule has 1 rings (SSSR count). The van der Waals surface area contributed by atoms with E-state index in [2.05, 4.69) is 13.2 Å². The average molecular weight is 224 g/mol. The SMILES string of the molecule is C=c1ccccc1=C.CC.CC.CC.CC. The van der Waals surface area contributed by atoms with Gasteiger partial charge in [0.05, 0.1) is 0 Å². The molecule has 0 saturated heterocycles. The van der Waals surface area contributed by atoms with E-state index in [1.807, 2.05) is 79.7 Å². The smallest absolute Gasteiger partial charge is 0.0262 e. The van der Waals surface area contributed by atoms with Gasteiger partial charge in [-0.2, -0.15) is 0 Å². The molecule has 0 saturated carbocycles. The molecule has 0 N–H and O–H groups in total. The Labute approximate surface area is 104 Å². The quantitative estimate of drug-likeness (QED) is 0.603. The van der Waals surface area contributed by atoms with Crippen molar-refractivity contribution in [2.75, 3.05) is 0 Å². The minimum absolute atomic E-state index is 1.01. The Hall–Kier alpha value is -1.04. The van der Waals surface area contributed by atoms with Crippen LogP contribution in [0.1, 0.15) is 55.4 Å². The summed E-state index contributed by atoms with van der Waals surface area (Å²) in [6.45, 7) is 23.5. The molecule has 0 bridgehead atoms. The van der Waals surface area contributed by atoms with Crippen LogP contribution in [0.5, 0.6) is 0 Å². The summed E-state index contributed by atoms with van der Waals surface area (Å²) in [5.74, 6) is 0. The van der Waals surface area contributed by atoms with E-state index in [0.717, 1.165) is 10.4 Å². The lowest BCUT2D eigenvalue weighted by Gasteiger charge is -1.79. The molecule has 0 heterocycles. The minimum Gasteiger partial charge on any atom is -0.0912 e. The van der Waals surface area contributed by atoms with Crippen LogP contribution < -0.4 is 10.4 Å². The van der Waals surface area contributed by atoms with Crippen LogP contribution in [0.2, 0.25) is 0 Å². The van der Waals surface area contributed by atoms with Crippen molar-refractivity contribution in [1.29, 1.82) is 0 Å². The maximum atomic E-state index is 3.76. The summed E-state index contributed by atoms with van der Waals surface area (Å²) in [7, 11) is 0. The molecular weight excluding hydrogens is 192 g/mol. The van der Waals surface area contributed by atoms with Gasteiger partial charge in [0.15, 0.2) is 0 Å². The summed E-state index contributed by atoms with van der Waals surface area (Å²) in [5.41, 5.74) is 0. The Morgan fingerprint density at radius 1 is 0.562 bits per heavy atom. The van der Waals surface area contributed by atoms with Gasteiger partial charge in [0.2, 0.25) is 0 Å². The highest BCUT2D eigenvalue weighted by atomic mass is 13.8. The van der Waals surface area contributed by atoms with E-state index >= 15 is 0 Å². The van der Waals surface area contributed by atoms with Crippen LogP contribution in [0.3, 0.4) is 0 Å². The molecular formula is C16H32. The van der Waals surface area contributed by atoms with E-state index in [9.17, 15) is 0 Å². The molecule has 0 aromatic heterocycles. The third kappa shape index (κ3) is 18.7. The molecule has 0 aliphatic heterocycles. The van der Waals surface area contributed by atoms with Gasteiger partial charge >= 0.3 is 0 Å². The van der Waals surface area contributed by atoms with E-state index in [1.54, 1.807) is 0 Å². The van der Waals surface area contributed by atoms with Crippen molar-refractivity contribution >= 4 is 13.2 Å².